The third-order valence-corrected chi connectivity index (χ3v) is 4.49. The van der Waals surface area contributed by atoms with Crippen LogP contribution < -0.4 is 5.32 Å². The van der Waals surface area contributed by atoms with Crippen LogP contribution in [0.4, 0.5) is 0 Å². The van der Waals surface area contributed by atoms with Crippen LogP contribution in [0.5, 0.6) is 0 Å². The zero-order valence-electron chi connectivity index (χ0n) is 13.4. The molecule has 0 spiro atoms. The molecule has 0 bridgehead atoms. The van der Waals surface area contributed by atoms with Crippen LogP contribution in [0.1, 0.15) is 71.0 Å². The fraction of sp³-hybridized carbons (Fsp3) is 0.824. The van der Waals surface area contributed by atoms with Crippen LogP contribution in [0.25, 0.3) is 0 Å². The molecule has 1 heterocycles. The van der Waals surface area contributed by atoms with E-state index in [9.17, 15) is 0 Å². The highest BCUT2D eigenvalue weighted by atomic mass is 15.1. The molecule has 1 aliphatic rings. The Morgan fingerprint density at radius 2 is 2.10 bits per heavy atom. The van der Waals surface area contributed by atoms with Crippen molar-refractivity contribution in [3.8, 4) is 0 Å². The van der Waals surface area contributed by atoms with Crippen molar-refractivity contribution in [1.82, 2.24) is 14.9 Å². The standard InChI is InChI=1S/C17H31N3/c1-4-11-20-12-10-18-17(20)16-9-7-5-6-8-15(16)13-19-14(2)3/h10,12,14-16,19H,4-9,11,13H2,1-3H3. The van der Waals surface area contributed by atoms with Gasteiger partial charge in [0.2, 0.25) is 0 Å². The lowest BCUT2D eigenvalue weighted by molar-refractivity contribution is 0.344. The molecule has 1 aromatic rings. The summed E-state index contributed by atoms with van der Waals surface area (Å²) in [4.78, 5) is 4.71. The third kappa shape index (κ3) is 4.08. The van der Waals surface area contributed by atoms with E-state index in [0.717, 1.165) is 19.0 Å². The van der Waals surface area contributed by atoms with E-state index in [0.29, 0.717) is 12.0 Å². The summed E-state index contributed by atoms with van der Waals surface area (Å²) in [7, 11) is 0. The van der Waals surface area contributed by atoms with E-state index < -0.39 is 0 Å². The van der Waals surface area contributed by atoms with E-state index in [-0.39, 0.29) is 0 Å². The minimum atomic E-state index is 0.578. The Hall–Kier alpha value is -0.830. The number of nitrogens with one attached hydrogen (secondary N) is 1. The first kappa shape index (κ1) is 15.6. The lowest BCUT2D eigenvalue weighted by Gasteiger charge is -2.26. The van der Waals surface area contributed by atoms with Gasteiger partial charge in [-0.3, -0.25) is 0 Å². The summed E-state index contributed by atoms with van der Waals surface area (Å²) in [5, 5.41) is 3.65. The van der Waals surface area contributed by atoms with Crippen LogP contribution in [0.15, 0.2) is 12.4 Å². The number of hydrogen-bond donors (Lipinski definition) is 1. The monoisotopic (exact) mass is 277 g/mol. The van der Waals surface area contributed by atoms with Crippen molar-refractivity contribution < 1.29 is 0 Å². The van der Waals surface area contributed by atoms with E-state index in [4.69, 9.17) is 4.98 Å². The van der Waals surface area contributed by atoms with Gasteiger partial charge in [-0.25, -0.2) is 4.98 Å². The Kier molecular flexibility index (Phi) is 6.08. The predicted octanol–water partition coefficient (Wildman–Crippen LogP) is 3.96. The van der Waals surface area contributed by atoms with Gasteiger partial charge in [0.15, 0.2) is 0 Å². The number of rotatable bonds is 6. The molecule has 2 rings (SSSR count). The molecule has 114 valence electrons. The normalized spacial score (nSPS) is 24.0. The Bertz CT molecular complexity index is 383. The molecule has 2 atom stereocenters. The van der Waals surface area contributed by atoms with Crippen LogP contribution in [-0.2, 0) is 6.54 Å². The molecule has 0 saturated heterocycles. The lowest BCUT2D eigenvalue weighted by atomic mass is 9.86. The number of imidazole rings is 1. The summed E-state index contributed by atoms with van der Waals surface area (Å²) in [5.41, 5.74) is 0. The quantitative estimate of drug-likeness (QED) is 0.798. The highest BCUT2D eigenvalue weighted by Gasteiger charge is 2.28. The van der Waals surface area contributed by atoms with Crippen molar-refractivity contribution in [3.63, 3.8) is 0 Å². The molecule has 0 aliphatic heterocycles. The minimum Gasteiger partial charge on any atom is -0.335 e. The van der Waals surface area contributed by atoms with Crippen LogP contribution in [0, 0.1) is 5.92 Å². The second-order valence-corrected chi connectivity index (χ2v) is 6.55. The highest BCUT2D eigenvalue weighted by molar-refractivity contribution is 5.04. The van der Waals surface area contributed by atoms with Crippen LogP contribution in [-0.4, -0.2) is 22.1 Å². The first-order valence-electron chi connectivity index (χ1n) is 8.46. The molecule has 3 heteroatoms. The topological polar surface area (TPSA) is 29.9 Å². The summed E-state index contributed by atoms with van der Waals surface area (Å²) in [6, 6.07) is 0.578. The SMILES string of the molecule is CCCn1ccnc1C1CCCCCC1CNC(C)C. The van der Waals surface area contributed by atoms with Gasteiger partial charge >= 0.3 is 0 Å². The maximum Gasteiger partial charge on any atom is 0.112 e. The average Bonchev–Trinajstić information content (AvgIpc) is 2.74. The summed E-state index contributed by atoms with van der Waals surface area (Å²) in [6.07, 6.45) is 12.1. The zero-order valence-corrected chi connectivity index (χ0v) is 13.4. The van der Waals surface area contributed by atoms with E-state index in [1.807, 2.05) is 6.20 Å². The molecule has 1 aliphatic carbocycles. The van der Waals surface area contributed by atoms with Crippen LogP contribution in [0.2, 0.25) is 0 Å². The Labute approximate surface area is 124 Å². The number of aromatic nitrogens is 2. The van der Waals surface area contributed by atoms with Crippen molar-refractivity contribution in [2.45, 2.75) is 77.8 Å². The van der Waals surface area contributed by atoms with Crippen molar-refractivity contribution in [3.05, 3.63) is 18.2 Å². The summed E-state index contributed by atoms with van der Waals surface area (Å²) in [5.74, 6) is 2.73. The zero-order chi connectivity index (χ0) is 14.4. The van der Waals surface area contributed by atoms with Crippen molar-refractivity contribution in [1.29, 1.82) is 0 Å². The molecule has 1 aromatic heterocycles. The van der Waals surface area contributed by atoms with Crippen molar-refractivity contribution in [2.24, 2.45) is 5.92 Å². The molecular weight excluding hydrogens is 246 g/mol. The number of aryl methyl sites for hydroxylation is 1. The Balaban J connectivity index is 2.12. The second-order valence-electron chi connectivity index (χ2n) is 6.55. The van der Waals surface area contributed by atoms with Gasteiger partial charge in [0.05, 0.1) is 0 Å². The molecule has 1 fully saturated rings. The van der Waals surface area contributed by atoms with E-state index in [1.165, 1.54) is 44.3 Å². The van der Waals surface area contributed by atoms with Gasteiger partial charge in [-0.15, -0.1) is 0 Å². The fourth-order valence-corrected chi connectivity index (χ4v) is 3.44. The van der Waals surface area contributed by atoms with Gasteiger partial charge in [-0.05, 0) is 31.7 Å². The van der Waals surface area contributed by atoms with Crippen LogP contribution >= 0.6 is 0 Å². The fourth-order valence-electron chi connectivity index (χ4n) is 3.44. The van der Waals surface area contributed by atoms with E-state index in [1.54, 1.807) is 0 Å². The van der Waals surface area contributed by atoms with E-state index >= 15 is 0 Å². The minimum absolute atomic E-state index is 0.578. The van der Waals surface area contributed by atoms with Gasteiger partial charge in [-0.2, -0.15) is 0 Å². The predicted molar refractivity (Wildman–Crippen MR) is 85.0 cm³/mol. The highest BCUT2D eigenvalue weighted by Crippen LogP contribution is 2.35. The molecule has 1 saturated carbocycles. The molecule has 3 nitrogen and oxygen atoms in total. The molecule has 2 unspecified atom stereocenters. The molecule has 0 aromatic carbocycles. The number of hydrogen-bond acceptors (Lipinski definition) is 2. The Morgan fingerprint density at radius 1 is 1.30 bits per heavy atom. The van der Waals surface area contributed by atoms with Crippen molar-refractivity contribution >= 4 is 0 Å². The third-order valence-electron chi connectivity index (χ3n) is 4.49. The maximum atomic E-state index is 4.71. The largest absolute Gasteiger partial charge is 0.335 e. The summed E-state index contributed by atoms with van der Waals surface area (Å²) in [6.45, 7) is 8.97. The first-order valence-corrected chi connectivity index (χ1v) is 8.46. The molecule has 1 N–H and O–H groups in total. The van der Waals surface area contributed by atoms with Crippen LogP contribution in [0.3, 0.4) is 0 Å². The lowest BCUT2D eigenvalue weighted by Crippen LogP contribution is -2.32. The summed E-state index contributed by atoms with van der Waals surface area (Å²) >= 11 is 0. The number of nitrogens with zero attached hydrogens (tertiary/aromatic N) is 2. The van der Waals surface area contributed by atoms with E-state index in [2.05, 4.69) is 36.9 Å². The average molecular weight is 277 g/mol. The van der Waals surface area contributed by atoms with Gasteiger partial charge < -0.3 is 9.88 Å². The molecule has 0 radical (unpaired) electrons. The van der Waals surface area contributed by atoms with Gasteiger partial charge in [0, 0.05) is 30.9 Å². The molecule has 20 heavy (non-hydrogen) atoms. The van der Waals surface area contributed by atoms with Gasteiger partial charge in [-0.1, -0.05) is 40.0 Å². The summed E-state index contributed by atoms with van der Waals surface area (Å²) < 4.78 is 2.39. The molecular formula is C17H31N3. The molecule has 0 amide bonds. The van der Waals surface area contributed by atoms with Gasteiger partial charge in [0.25, 0.3) is 0 Å². The second kappa shape index (κ2) is 7.82. The van der Waals surface area contributed by atoms with Gasteiger partial charge in [0.1, 0.15) is 5.82 Å². The maximum absolute atomic E-state index is 4.71. The van der Waals surface area contributed by atoms with Crippen molar-refractivity contribution in [2.75, 3.05) is 6.54 Å². The Morgan fingerprint density at radius 3 is 2.85 bits per heavy atom. The first-order chi connectivity index (χ1) is 9.72. The smallest absolute Gasteiger partial charge is 0.112 e.